The lowest BCUT2D eigenvalue weighted by molar-refractivity contribution is 0.305. The topological polar surface area (TPSA) is 83.6 Å². The van der Waals surface area contributed by atoms with Gasteiger partial charge in [-0.15, -0.1) is 0 Å². The number of nitrogens with zero attached hydrogens (tertiary/aromatic N) is 1. The lowest BCUT2D eigenvalue weighted by Gasteiger charge is -2.31. The van der Waals surface area contributed by atoms with Crippen molar-refractivity contribution in [3.63, 3.8) is 0 Å². The van der Waals surface area contributed by atoms with Gasteiger partial charge in [0.15, 0.2) is 0 Å². The summed E-state index contributed by atoms with van der Waals surface area (Å²) in [6.07, 6.45) is 3.98. The Morgan fingerprint density at radius 3 is 2.50 bits per heavy atom. The molecule has 1 aliphatic rings. The number of nitrogens with one attached hydrogen (secondary N) is 1. The molecule has 1 saturated heterocycles. The average Bonchev–Trinajstić information content (AvgIpc) is 2.25. The largest absolute Gasteiger partial charge is 0.213 e. The van der Waals surface area contributed by atoms with Gasteiger partial charge in [0.2, 0.25) is 20.0 Å². The van der Waals surface area contributed by atoms with Crippen LogP contribution in [0.5, 0.6) is 0 Å². The summed E-state index contributed by atoms with van der Waals surface area (Å²) in [5.74, 6) is 0.110. The van der Waals surface area contributed by atoms with Gasteiger partial charge in [-0.1, -0.05) is 13.3 Å². The molecule has 0 spiro atoms. The van der Waals surface area contributed by atoms with E-state index in [9.17, 15) is 16.8 Å². The number of unbranched alkanes of at least 4 members (excludes halogenated alkanes) is 1. The Hall–Kier alpha value is -0.180. The van der Waals surface area contributed by atoms with Crippen LogP contribution in [0.4, 0.5) is 0 Å². The van der Waals surface area contributed by atoms with Crippen molar-refractivity contribution < 1.29 is 16.8 Å². The maximum atomic E-state index is 11.7. The van der Waals surface area contributed by atoms with Gasteiger partial charge < -0.3 is 0 Å². The van der Waals surface area contributed by atoms with Crippen LogP contribution in [-0.2, 0) is 20.0 Å². The molecule has 0 aromatic carbocycles. The van der Waals surface area contributed by atoms with Crippen molar-refractivity contribution in [3.8, 4) is 0 Å². The fourth-order valence-electron chi connectivity index (χ4n) is 1.99. The van der Waals surface area contributed by atoms with Crippen LogP contribution in [0.2, 0.25) is 0 Å². The third-order valence-electron chi connectivity index (χ3n) is 2.97. The van der Waals surface area contributed by atoms with Gasteiger partial charge in [-0.3, -0.25) is 0 Å². The quantitative estimate of drug-likeness (QED) is 0.755. The summed E-state index contributed by atoms with van der Waals surface area (Å²) in [5.41, 5.74) is 0. The number of sulfonamides is 2. The molecule has 18 heavy (non-hydrogen) atoms. The second kappa shape index (κ2) is 6.31. The number of hydrogen-bond donors (Lipinski definition) is 1. The van der Waals surface area contributed by atoms with E-state index in [-0.39, 0.29) is 18.3 Å². The first kappa shape index (κ1) is 15.9. The Labute approximate surface area is 110 Å². The molecule has 0 aliphatic carbocycles. The minimum atomic E-state index is -3.28. The van der Waals surface area contributed by atoms with Gasteiger partial charge in [0.05, 0.1) is 12.0 Å². The Bertz CT molecular complexity index is 458. The first-order valence-electron chi connectivity index (χ1n) is 6.20. The predicted octanol–water partition coefficient (Wildman–Crippen LogP) is 0.130. The summed E-state index contributed by atoms with van der Waals surface area (Å²) in [6, 6.07) is -0.296. The standard InChI is InChI=1S/C10H22N2O4S2/c1-3-4-8-18(15,16)11-10-6-5-7-12(9-10)17(2,13)14/h10-11H,3-9H2,1-2H3. The van der Waals surface area contributed by atoms with Crippen molar-refractivity contribution in [2.24, 2.45) is 0 Å². The van der Waals surface area contributed by atoms with E-state index in [4.69, 9.17) is 0 Å². The van der Waals surface area contributed by atoms with Crippen LogP contribution < -0.4 is 4.72 Å². The monoisotopic (exact) mass is 298 g/mol. The van der Waals surface area contributed by atoms with E-state index in [2.05, 4.69) is 4.72 Å². The van der Waals surface area contributed by atoms with E-state index >= 15 is 0 Å². The summed E-state index contributed by atoms with van der Waals surface area (Å²) in [5, 5.41) is 0. The molecule has 8 heteroatoms. The van der Waals surface area contributed by atoms with Gasteiger partial charge in [0.1, 0.15) is 0 Å². The van der Waals surface area contributed by atoms with Crippen LogP contribution >= 0.6 is 0 Å². The van der Waals surface area contributed by atoms with Crippen molar-refractivity contribution in [2.45, 2.75) is 38.6 Å². The fraction of sp³-hybridized carbons (Fsp3) is 1.00. The van der Waals surface area contributed by atoms with Crippen molar-refractivity contribution in [2.75, 3.05) is 25.1 Å². The Kier molecular flexibility index (Phi) is 5.57. The summed E-state index contributed by atoms with van der Waals surface area (Å²) >= 11 is 0. The summed E-state index contributed by atoms with van der Waals surface area (Å²) < 4.78 is 50.2. The minimum absolute atomic E-state index is 0.110. The van der Waals surface area contributed by atoms with E-state index < -0.39 is 20.0 Å². The highest BCUT2D eigenvalue weighted by Gasteiger charge is 2.28. The maximum absolute atomic E-state index is 11.7. The number of rotatable bonds is 6. The zero-order valence-electron chi connectivity index (χ0n) is 10.9. The average molecular weight is 298 g/mol. The predicted molar refractivity (Wildman–Crippen MR) is 71.3 cm³/mol. The Balaban J connectivity index is 2.58. The second-order valence-corrected chi connectivity index (χ2v) is 8.61. The second-order valence-electron chi connectivity index (χ2n) is 4.75. The molecule has 0 saturated carbocycles. The van der Waals surface area contributed by atoms with Crippen LogP contribution in [0.15, 0.2) is 0 Å². The van der Waals surface area contributed by atoms with Gasteiger partial charge in [-0.2, -0.15) is 0 Å². The van der Waals surface area contributed by atoms with Crippen LogP contribution in [-0.4, -0.2) is 52.3 Å². The van der Waals surface area contributed by atoms with Crippen molar-refractivity contribution in [1.29, 1.82) is 0 Å². The van der Waals surface area contributed by atoms with Crippen LogP contribution in [0.1, 0.15) is 32.6 Å². The molecule has 1 unspecified atom stereocenters. The molecule has 0 amide bonds. The number of piperidine rings is 1. The van der Waals surface area contributed by atoms with Gasteiger partial charge in [-0.25, -0.2) is 25.9 Å². The molecule has 1 N–H and O–H groups in total. The third kappa shape index (κ3) is 5.21. The van der Waals surface area contributed by atoms with Crippen molar-refractivity contribution >= 4 is 20.0 Å². The molecule has 1 fully saturated rings. The SMILES string of the molecule is CCCCS(=O)(=O)NC1CCCN(S(C)(=O)=O)C1. The van der Waals surface area contributed by atoms with E-state index in [1.807, 2.05) is 6.92 Å². The smallest absolute Gasteiger partial charge is 0.211 e. The van der Waals surface area contributed by atoms with E-state index in [0.29, 0.717) is 25.8 Å². The van der Waals surface area contributed by atoms with Crippen LogP contribution in [0.3, 0.4) is 0 Å². The molecule has 0 aromatic rings. The summed E-state index contributed by atoms with van der Waals surface area (Å²) in [6.45, 7) is 2.65. The summed E-state index contributed by atoms with van der Waals surface area (Å²) in [4.78, 5) is 0. The zero-order chi connectivity index (χ0) is 13.8. The molecule has 0 aromatic heterocycles. The van der Waals surface area contributed by atoms with Gasteiger partial charge >= 0.3 is 0 Å². The molecule has 1 heterocycles. The molecule has 1 aliphatic heterocycles. The number of hydrogen-bond acceptors (Lipinski definition) is 4. The van der Waals surface area contributed by atoms with E-state index in [0.717, 1.165) is 12.7 Å². The van der Waals surface area contributed by atoms with Crippen molar-refractivity contribution in [1.82, 2.24) is 9.03 Å². The first-order valence-corrected chi connectivity index (χ1v) is 9.70. The highest BCUT2D eigenvalue weighted by atomic mass is 32.2. The Morgan fingerprint density at radius 2 is 1.94 bits per heavy atom. The third-order valence-corrected chi connectivity index (χ3v) is 5.75. The van der Waals surface area contributed by atoms with E-state index in [1.165, 1.54) is 4.31 Å². The summed E-state index contributed by atoms with van der Waals surface area (Å²) in [7, 11) is -6.52. The van der Waals surface area contributed by atoms with Gasteiger partial charge in [-0.05, 0) is 19.3 Å². The molecule has 0 bridgehead atoms. The lowest BCUT2D eigenvalue weighted by atomic mass is 10.1. The highest BCUT2D eigenvalue weighted by Crippen LogP contribution is 2.14. The molecular formula is C10H22N2O4S2. The molecule has 108 valence electrons. The highest BCUT2D eigenvalue weighted by molar-refractivity contribution is 7.89. The zero-order valence-corrected chi connectivity index (χ0v) is 12.6. The molecular weight excluding hydrogens is 276 g/mol. The normalized spacial score (nSPS) is 23.1. The van der Waals surface area contributed by atoms with E-state index in [1.54, 1.807) is 0 Å². The van der Waals surface area contributed by atoms with Gasteiger partial charge in [0.25, 0.3) is 0 Å². The fourth-order valence-corrected chi connectivity index (χ4v) is 4.39. The lowest BCUT2D eigenvalue weighted by Crippen LogP contribution is -2.49. The maximum Gasteiger partial charge on any atom is 0.211 e. The molecule has 6 nitrogen and oxygen atoms in total. The molecule has 1 rings (SSSR count). The molecule has 0 radical (unpaired) electrons. The van der Waals surface area contributed by atoms with Crippen LogP contribution in [0.25, 0.3) is 0 Å². The first-order chi connectivity index (χ1) is 8.24. The molecule has 1 atom stereocenters. The van der Waals surface area contributed by atoms with Gasteiger partial charge in [0, 0.05) is 19.1 Å². The minimum Gasteiger partial charge on any atom is -0.213 e. The Morgan fingerprint density at radius 1 is 1.28 bits per heavy atom. The van der Waals surface area contributed by atoms with Crippen LogP contribution in [0, 0.1) is 0 Å². The van der Waals surface area contributed by atoms with Crippen molar-refractivity contribution in [3.05, 3.63) is 0 Å².